The number of anilines is 5. The third-order valence-electron chi connectivity index (χ3n) is 7.12. The highest BCUT2D eigenvalue weighted by Crippen LogP contribution is 2.21. The smallest absolute Gasteiger partial charge is 0.260 e. The van der Waals surface area contributed by atoms with E-state index in [1.54, 1.807) is 68.6 Å². The molecule has 0 aliphatic carbocycles. The molecule has 14 nitrogen and oxygen atoms in total. The number of primary amides is 1. The van der Waals surface area contributed by atoms with Crippen LogP contribution in [0.3, 0.4) is 0 Å². The van der Waals surface area contributed by atoms with E-state index in [9.17, 15) is 19.2 Å². The van der Waals surface area contributed by atoms with E-state index in [0.717, 1.165) is 19.5 Å². The lowest BCUT2D eigenvalue weighted by Gasteiger charge is -2.23. The number of hydrogen-bond donors (Lipinski definition) is 6. The van der Waals surface area contributed by atoms with Crippen LogP contribution in [-0.4, -0.2) is 96.8 Å². The van der Waals surface area contributed by atoms with Crippen molar-refractivity contribution in [1.82, 2.24) is 25.1 Å². The number of hydrogen-bond acceptors (Lipinski definition) is 10. The number of carbonyl (C=O) groups excluding carboxylic acids is 4. The zero-order valence-electron chi connectivity index (χ0n) is 27.5. The molecule has 0 radical (unpaired) electrons. The van der Waals surface area contributed by atoms with E-state index in [1.165, 1.54) is 17.2 Å². The molecule has 0 aliphatic rings. The summed E-state index contributed by atoms with van der Waals surface area (Å²) in [4.78, 5) is 62.5. The molecule has 0 saturated heterocycles. The summed E-state index contributed by atoms with van der Waals surface area (Å²) in [6.45, 7) is 6.50. The van der Waals surface area contributed by atoms with E-state index in [0.29, 0.717) is 41.5 Å². The van der Waals surface area contributed by atoms with Crippen LogP contribution in [0.25, 0.3) is 0 Å². The predicted octanol–water partition coefficient (Wildman–Crippen LogP) is 2.89. The second-order valence-electron chi connectivity index (χ2n) is 10.9. The van der Waals surface area contributed by atoms with Crippen molar-refractivity contribution >= 4 is 52.5 Å². The average molecular weight is 645 g/mol. The van der Waals surface area contributed by atoms with Crippen LogP contribution < -0.4 is 32.3 Å². The van der Waals surface area contributed by atoms with E-state index >= 15 is 0 Å². The van der Waals surface area contributed by atoms with Gasteiger partial charge in [0.2, 0.25) is 23.7 Å². The minimum Gasteiger partial charge on any atom is -0.369 e. The van der Waals surface area contributed by atoms with Gasteiger partial charge in [0.25, 0.3) is 5.91 Å². The first-order valence-electron chi connectivity index (χ1n) is 15.3. The van der Waals surface area contributed by atoms with Crippen LogP contribution in [0, 0.1) is 0 Å². The Bertz CT molecular complexity index is 1560. The quantitative estimate of drug-likeness (QED) is 0.119. The average Bonchev–Trinajstić information content (AvgIpc) is 3.06. The molecule has 1 heterocycles. The summed E-state index contributed by atoms with van der Waals surface area (Å²) < 4.78 is 0. The van der Waals surface area contributed by atoms with E-state index in [-0.39, 0.29) is 23.3 Å². The largest absolute Gasteiger partial charge is 0.369 e. The van der Waals surface area contributed by atoms with E-state index in [4.69, 9.17) is 5.73 Å². The highest BCUT2D eigenvalue weighted by atomic mass is 16.2. The lowest BCUT2D eigenvalue weighted by atomic mass is 10.2. The fourth-order valence-electron chi connectivity index (χ4n) is 4.16. The van der Waals surface area contributed by atoms with Gasteiger partial charge in [0.1, 0.15) is 17.4 Å². The summed E-state index contributed by atoms with van der Waals surface area (Å²) in [5, 5.41) is 14.9. The molecule has 14 heteroatoms. The number of benzene rings is 2. The molecule has 2 aromatic carbocycles. The maximum atomic E-state index is 13.3. The van der Waals surface area contributed by atoms with Crippen molar-refractivity contribution in [1.29, 1.82) is 0 Å². The van der Waals surface area contributed by atoms with Gasteiger partial charge < -0.3 is 42.1 Å². The SMILES string of the molecule is CCCNc1nc(Nc2ccc(C(N)=O)cc2)ncc1C(=O)Nc1cccc(NC(=O)[C@H](C)N(C)C(=O)/C=C/CN(C)CCNC)c1. The highest BCUT2D eigenvalue weighted by molar-refractivity contribution is 6.08. The lowest BCUT2D eigenvalue weighted by molar-refractivity contribution is -0.132. The summed E-state index contributed by atoms with van der Waals surface area (Å²) in [6, 6.07) is 12.5. The molecule has 0 spiro atoms. The van der Waals surface area contributed by atoms with Gasteiger partial charge >= 0.3 is 0 Å². The summed E-state index contributed by atoms with van der Waals surface area (Å²) in [5.74, 6) is -1.06. The Labute approximate surface area is 275 Å². The first-order chi connectivity index (χ1) is 22.5. The molecule has 0 aliphatic heterocycles. The predicted molar refractivity (Wildman–Crippen MR) is 185 cm³/mol. The number of nitrogens with two attached hydrogens (primary N) is 1. The second kappa shape index (κ2) is 18.0. The van der Waals surface area contributed by atoms with Crippen LogP contribution in [-0.2, 0) is 9.59 Å². The molecule has 7 N–H and O–H groups in total. The number of nitrogens with zero attached hydrogens (tertiary/aromatic N) is 4. The molecule has 1 atom stereocenters. The van der Waals surface area contributed by atoms with Crippen molar-refractivity contribution in [2.75, 3.05) is 68.6 Å². The first-order valence-corrected chi connectivity index (χ1v) is 15.3. The summed E-state index contributed by atoms with van der Waals surface area (Å²) in [6.07, 6.45) is 5.45. The van der Waals surface area contributed by atoms with Gasteiger partial charge in [-0.1, -0.05) is 19.1 Å². The zero-order chi connectivity index (χ0) is 34.3. The van der Waals surface area contributed by atoms with Crippen LogP contribution in [0.5, 0.6) is 0 Å². The number of nitrogens with one attached hydrogen (secondary N) is 5. The van der Waals surface area contributed by atoms with Crippen LogP contribution in [0.2, 0.25) is 0 Å². The maximum Gasteiger partial charge on any atom is 0.260 e. The number of likely N-dealkylation sites (N-methyl/N-ethyl adjacent to an activating group) is 3. The van der Waals surface area contributed by atoms with Crippen LogP contribution in [0.15, 0.2) is 66.9 Å². The third kappa shape index (κ3) is 11.2. The molecule has 0 fully saturated rings. The Morgan fingerprint density at radius 1 is 0.979 bits per heavy atom. The normalized spacial score (nSPS) is 11.6. The molecule has 0 bridgehead atoms. The lowest BCUT2D eigenvalue weighted by Crippen LogP contribution is -2.42. The van der Waals surface area contributed by atoms with Crippen molar-refractivity contribution in [3.8, 4) is 0 Å². The van der Waals surface area contributed by atoms with Crippen molar-refractivity contribution < 1.29 is 19.2 Å². The molecule has 3 rings (SSSR count). The molecular formula is C33H44N10O4. The Balaban J connectivity index is 1.65. The number of aromatic nitrogens is 2. The fourth-order valence-corrected chi connectivity index (χ4v) is 4.16. The van der Waals surface area contributed by atoms with Gasteiger partial charge in [-0.25, -0.2) is 4.98 Å². The van der Waals surface area contributed by atoms with E-state index < -0.39 is 17.9 Å². The molecule has 4 amide bonds. The molecule has 47 heavy (non-hydrogen) atoms. The van der Waals surface area contributed by atoms with Gasteiger partial charge in [-0.3, -0.25) is 19.2 Å². The highest BCUT2D eigenvalue weighted by Gasteiger charge is 2.21. The van der Waals surface area contributed by atoms with Crippen molar-refractivity contribution in [2.45, 2.75) is 26.3 Å². The first kappa shape index (κ1) is 36.1. The van der Waals surface area contributed by atoms with Gasteiger partial charge in [0.05, 0.1) is 0 Å². The molecular weight excluding hydrogens is 600 g/mol. The van der Waals surface area contributed by atoms with Crippen LogP contribution in [0.4, 0.5) is 28.8 Å². The number of carbonyl (C=O) groups is 4. The molecule has 3 aromatic rings. The van der Waals surface area contributed by atoms with Crippen LogP contribution >= 0.6 is 0 Å². The second-order valence-corrected chi connectivity index (χ2v) is 10.9. The van der Waals surface area contributed by atoms with Crippen molar-refractivity contribution in [3.63, 3.8) is 0 Å². The minimum absolute atomic E-state index is 0.220. The van der Waals surface area contributed by atoms with E-state index in [2.05, 4.69) is 41.5 Å². The van der Waals surface area contributed by atoms with Gasteiger partial charge in [-0.05, 0) is 69.9 Å². The molecule has 0 unspecified atom stereocenters. The number of amides is 4. The fraction of sp³-hybridized carbons (Fsp3) is 0.333. The van der Waals surface area contributed by atoms with Crippen LogP contribution in [0.1, 0.15) is 41.0 Å². The molecule has 0 saturated carbocycles. The summed E-state index contributed by atoms with van der Waals surface area (Å²) in [5.41, 5.74) is 7.43. The van der Waals surface area contributed by atoms with E-state index in [1.807, 2.05) is 21.0 Å². The Kier molecular flexibility index (Phi) is 13.8. The van der Waals surface area contributed by atoms with Gasteiger partial charge in [0, 0.05) is 68.1 Å². The molecule has 250 valence electrons. The topological polar surface area (TPSA) is 187 Å². The third-order valence-corrected chi connectivity index (χ3v) is 7.12. The van der Waals surface area contributed by atoms with Crippen molar-refractivity contribution in [3.05, 3.63) is 78.0 Å². The standard InChI is InChI=1S/C33H44N10O4/c1-6-16-36-30-27(21-37-33(41-30)40-24-14-12-23(13-15-24)29(34)45)32(47)39-26-10-7-9-25(20-26)38-31(46)22(2)43(5)28(44)11-8-18-42(4)19-17-35-3/h7-15,20-22,35H,6,16-19H2,1-5H3,(H2,34,45)(H,38,46)(H,39,47)(H2,36,37,40,41)/b11-8+/t22-/m0/s1. The van der Waals surface area contributed by atoms with Gasteiger partial charge in [-0.2, -0.15) is 4.98 Å². The molecule has 1 aromatic heterocycles. The van der Waals surface area contributed by atoms with Crippen molar-refractivity contribution in [2.24, 2.45) is 5.73 Å². The summed E-state index contributed by atoms with van der Waals surface area (Å²) in [7, 11) is 5.42. The summed E-state index contributed by atoms with van der Waals surface area (Å²) >= 11 is 0. The Hall–Kier alpha value is -5.34. The van der Waals surface area contributed by atoms with Gasteiger partial charge in [-0.15, -0.1) is 0 Å². The monoisotopic (exact) mass is 644 g/mol. The van der Waals surface area contributed by atoms with Gasteiger partial charge in [0.15, 0.2) is 0 Å². The minimum atomic E-state index is -0.745. The Morgan fingerprint density at radius 2 is 1.68 bits per heavy atom. The number of rotatable bonds is 17. The zero-order valence-corrected chi connectivity index (χ0v) is 27.5. The maximum absolute atomic E-state index is 13.3. The Morgan fingerprint density at radius 3 is 2.34 bits per heavy atom.